The third-order valence-corrected chi connectivity index (χ3v) is 3.56. The molecule has 2 rings (SSSR count). The molecule has 0 aromatic heterocycles. The molecule has 1 aromatic carbocycles. The van der Waals surface area contributed by atoms with Crippen LogP contribution >= 0.6 is 0 Å². The third-order valence-electron chi connectivity index (χ3n) is 3.56. The summed E-state index contributed by atoms with van der Waals surface area (Å²) in [4.78, 5) is 2.03. The molecule has 90 valence electrons. The van der Waals surface area contributed by atoms with E-state index in [1.54, 1.807) is 12.1 Å². The maximum absolute atomic E-state index is 13.8. The first-order valence-corrected chi connectivity index (χ1v) is 5.96. The van der Waals surface area contributed by atoms with Gasteiger partial charge in [0.2, 0.25) is 0 Å². The van der Waals surface area contributed by atoms with E-state index in [2.05, 4.69) is 19.9 Å². The Kier molecular flexibility index (Phi) is 3.06. The highest BCUT2D eigenvalue weighted by Crippen LogP contribution is 2.35. The fraction of sp³-hybridized carbons (Fsp3) is 0.500. The predicted molar refractivity (Wildman–Crippen MR) is 66.2 cm³/mol. The molecule has 0 amide bonds. The Labute approximate surface area is 102 Å². The van der Waals surface area contributed by atoms with Crippen LogP contribution in [-0.2, 0) is 0 Å². The summed E-state index contributed by atoms with van der Waals surface area (Å²) in [6.07, 6.45) is 1.81. The Hall–Kier alpha value is -1.56. The molecule has 1 aliphatic rings. The van der Waals surface area contributed by atoms with Gasteiger partial charge in [0.15, 0.2) is 0 Å². The van der Waals surface area contributed by atoms with E-state index in [9.17, 15) is 4.39 Å². The lowest BCUT2D eigenvalue weighted by atomic mass is 9.85. The molecule has 1 aromatic rings. The summed E-state index contributed by atoms with van der Waals surface area (Å²) in [5.74, 6) is -0.207. The molecule has 0 bridgehead atoms. The van der Waals surface area contributed by atoms with E-state index in [1.807, 2.05) is 11.0 Å². The van der Waals surface area contributed by atoms with Crippen LogP contribution in [0.5, 0.6) is 0 Å². The molecule has 1 unspecified atom stereocenters. The van der Waals surface area contributed by atoms with Crippen LogP contribution in [-0.4, -0.2) is 12.1 Å². The van der Waals surface area contributed by atoms with Gasteiger partial charge in [-0.2, -0.15) is 5.26 Å². The molecule has 0 spiro atoms. The smallest absolute Gasteiger partial charge is 0.146 e. The van der Waals surface area contributed by atoms with Gasteiger partial charge in [0, 0.05) is 12.1 Å². The lowest BCUT2D eigenvalue weighted by Gasteiger charge is -2.45. The molecule has 1 atom stereocenters. The first-order chi connectivity index (χ1) is 8.04. The molecule has 1 heterocycles. The van der Waals surface area contributed by atoms with Gasteiger partial charge in [-0.15, -0.1) is 0 Å². The largest absolute Gasteiger partial charge is 0.363 e. The van der Waals surface area contributed by atoms with Gasteiger partial charge < -0.3 is 4.90 Å². The van der Waals surface area contributed by atoms with Crippen LogP contribution in [0.1, 0.15) is 26.7 Å². The lowest BCUT2D eigenvalue weighted by molar-refractivity contribution is 0.322. The van der Waals surface area contributed by atoms with Crippen molar-refractivity contribution in [3.8, 4) is 6.07 Å². The van der Waals surface area contributed by atoms with Crippen LogP contribution in [0.4, 0.5) is 10.1 Å². The standard InChI is InChI=1S/C14H17FN2/c1-14(2)8-7-11(9-16)10-17(14)13-6-4-3-5-12(13)15/h3-6,11H,7-8,10H2,1-2H3. The second-order valence-electron chi connectivity index (χ2n) is 5.24. The Morgan fingerprint density at radius 1 is 1.41 bits per heavy atom. The normalized spacial score (nSPS) is 23.2. The number of nitrogens with zero attached hydrogens (tertiary/aromatic N) is 2. The van der Waals surface area contributed by atoms with Gasteiger partial charge in [-0.3, -0.25) is 0 Å². The summed E-state index contributed by atoms with van der Waals surface area (Å²) >= 11 is 0. The lowest BCUT2D eigenvalue weighted by Crippen LogP contribution is -2.50. The first kappa shape index (κ1) is 11.9. The SMILES string of the molecule is CC1(C)CCC(C#N)CN1c1ccccc1F. The van der Waals surface area contributed by atoms with E-state index < -0.39 is 0 Å². The van der Waals surface area contributed by atoms with Crippen LogP contribution in [0, 0.1) is 23.1 Å². The van der Waals surface area contributed by atoms with Gasteiger partial charge in [-0.1, -0.05) is 12.1 Å². The fourth-order valence-electron chi connectivity index (χ4n) is 2.42. The molecule has 0 N–H and O–H groups in total. The zero-order valence-electron chi connectivity index (χ0n) is 10.3. The Bertz CT molecular complexity index is 448. The summed E-state index contributed by atoms with van der Waals surface area (Å²) in [7, 11) is 0. The Balaban J connectivity index is 2.34. The van der Waals surface area contributed by atoms with Crippen LogP contribution < -0.4 is 4.90 Å². The maximum Gasteiger partial charge on any atom is 0.146 e. The third kappa shape index (κ3) is 2.26. The van der Waals surface area contributed by atoms with Crippen molar-refractivity contribution < 1.29 is 4.39 Å². The molecular formula is C14H17FN2. The fourth-order valence-corrected chi connectivity index (χ4v) is 2.42. The van der Waals surface area contributed by atoms with Gasteiger partial charge >= 0.3 is 0 Å². The molecule has 2 nitrogen and oxygen atoms in total. The molecule has 1 saturated heterocycles. The molecule has 3 heteroatoms. The van der Waals surface area contributed by atoms with Crippen molar-refractivity contribution in [1.29, 1.82) is 5.26 Å². The van der Waals surface area contributed by atoms with Crippen molar-refractivity contribution in [2.75, 3.05) is 11.4 Å². The first-order valence-electron chi connectivity index (χ1n) is 5.96. The van der Waals surface area contributed by atoms with E-state index in [0.717, 1.165) is 12.8 Å². The summed E-state index contributed by atoms with van der Waals surface area (Å²) in [6.45, 7) is 4.82. The molecule has 1 fully saturated rings. The summed E-state index contributed by atoms with van der Waals surface area (Å²) < 4.78 is 13.8. The summed E-state index contributed by atoms with van der Waals surface area (Å²) in [6, 6.07) is 9.09. The molecular weight excluding hydrogens is 215 g/mol. The average Bonchev–Trinajstić information content (AvgIpc) is 2.30. The molecule has 0 aliphatic carbocycles. The van der Waals surface area contributed by atoms with Gasteiger partial charge in [-0.05, 0) is 38.8 Å². The van der Waals surface area contributed by atoms with Crippen molar-refractivity contribution in [1.82, 2.24) is 0 Å². The van der Waals surface area contributed by atoms with E-state index >= 15 is 0 Å². The molecule has 0 radical (unpaired) electrons. The van der Waals surface area contributed by atoms with Crippen LogP contribution in [0.15, 0.2) is 24.3 Å². The number of benzene rings is 1. The van der Waals surface area contributed by atoms with Crippen molar-refractivity contribution in [3.63, 3.8) is 0 Å². The van der Waals surface area contributed by atoms with Crippen molar-refractivity contribution in [2.24, 2.45) is 5.92 Å². The number of rotatable bonds is 1. The van der Waals surface area contributed by atoms with Crippen LogP contribution in [0.3, 0.4) is 0 Å². The van der Waals surface area contributed by atoms with E-state index in [1.165, 1.54) is 6.07 Å². The van der Waals surface area contributed by atoms with Gasteiger partial charge in [-0.25, -0.2) is 4.39 Å². The van der Waals surface area contributed by atoms with E-state index in [0.29, 0.717) is 12.2 Å². The second kappa shape index (κ2) is 4.37. The quantitative estimate of drug-likeness (QED) is 0.742. The van der Waals surface area contributed by atoms with Gasteiger partial charge in [0.05, 0.1) is 17.7 Å². The maximum atomic E-state index is 13.8. The highest BCUT2D eigenvalue weighted by atomic mass is 19.1. The number of hydrogen-bond acceptors (Lipinski definition) is 2. The number of para-hydroxylation sites is 1. The highest BCUT2D eigenvalue weighted by Gasteiger charge is 2.35. The minimum absolute atomic E-state index is 0.00244. The van der Waals surface area contributed by atoms with Crippen LogP contribution in [0.2, 0.25) is 0 Å². The predicted octanol–water partition coefficient (Wildman–Crippen LogP) is 3.34. The number of anilines is 1. The van der Waals surface area contributed by atoms with Crippen molar-refractivity contribution >= 4 is 5.69 Å². The molecule has 1 aliphatic heterocycles. The Morgan fingerprint density at radius 2 is 2.12 bits per heavy atom. The number of nitriles is 1. The second-order valence-corrected chi connectivity index (χ2v) is 5.24. The minimum atomic E-state index is -0.209. The minimum Gasteiger partial charge on any atom is -0.363 e. The molecule has 0 saturated carbocycles. The average molecular weight is 232 g/mol. The van der Waals surface area contributed by atoms with Crippen molar-refractivity contribution in [2.45, 2.75) is 32.2 Å². The highest BCUT2D eigenvalue weighted by molar-refractivity contribution is 5.50. The number of halogens is 1. The zero-order valence-corrected chi connectivity index (χ0v) is 10.3. The topological polar surface area (TPSA) is 27.0 Å². The number of piperidine rings is 1. The van der Waals surface area contributed by atoms with Crippen molar-refractivity contribution in [3.05, 3.63) is 30.1 Å². The van der Waals surface area contributed by atoms with E-state index in [4.69, 9.17) is 5.26 Å². The summed E-state index contributed by atoms with van der Waals surface area (Å²) in [5.41, 5.74) is 0.521. The Morgan fingerprint density at radius 3 is 2.76 bits per heavy atom. The summed E-state index contributed by atoms with van der Waals surface area (Å²) in [5, 5.41) is 9.02. The number of hydrogen-bond donors (Lipinski definition) is 0. The van der Waals surface area contributed by atoms with Crippen LogP contribution in [0.25, 0.3) is 0 Å². The van der Waals surface area contributed by atoms with Gasteiger partial charge in [0.25, 0.3) is 0 Å². The monoisotopic (exact) mass is 232 g/mol. The zero-order chi connectivity index (χ0) is 12.5. The van der Waals surface area contributed by atoms with E-state index in [-0.39, 0.29) is 17.3 Å². The van der Waals surface area contributed by atoms with Gasteiger partial charge in [0.1, 0.15) is 5.82 Å². The molecule has 17 heavy (non-hydrogen) atoms.